The monoisotopic (exact) mass is 578 g/mol. The van der Waals surface area contributed by atoms with Crippen molar-refractivity contribution in [3.05, 3.63) is 64.3 Å². The van der Waals surface area contributed by atoms with Crippen molar-refractivity contribution in [1.29, 1.82) is 0 Å². The number of methoxy groups -OCH3 is 1. The smallest absolute Gasteiger partial charge is 0.230 e. The second-order valence-electron chi connectivity index (χ2n) is 12.0. The molecule has 3 aliphatic rings. The first kappa shape index (κ1) is 27.7. The van der Waals surface area contributed by atoms with Gasteiger partial charge in [0.05, 0.1) is 28.1 Å². The van der Waals surface area contributed by atoms with Crippen molar-refractivity contribution in [1.82, 2.24) is 4.98 Å². The first-order chi connectivity index (χ1) is 19.5. The second-order valence-corrected chi connectivity index (χ2v) is 13.4. The van der Waals surface area contributed by atoms with Crippen LogP contribution in [-0.4, -0.2) is 35.8 Å². The number of amides is 1. The lowest BCUT2D eigenvalue weighted by molar-refractivity contribution is -0.124. The van der Waals surface area contributed by atoms with Crippen molar-refractivity contribution >= 4 is 34.5 Å². The molecule has 0 aliphatic heterocycles. The maximum absolute atomic E-state index is 14.0. The van der Waals surface area contributed by atoms with Gasteiger partial charge in [0.1, 0.15) is 5.75 Å². The molecule has 3 aliphatic carbocycles. The average molecular weight is 579 g/mol. The number of ether oxygens (including phenoxy) is 1. The molecule has 3 fully saturated rings. The number of hydrogen-bond acceptors (Lipinski definition) is 5. The van der Waals surface area contributed by atoms with E-state index < -0.39 is 0 Å². The molecule has 2 aromatic carbocycles. The maximum Gasteiger partial charge on any atom is 0.230 e. The Balaban J connectivity index is 1.19. The molecule has 1 aromatic heterocycles. The van der Waals surface area contributed by atoms with Gasteiger partial charge in [0, 0.05) is 30.3 Å². The molecule has 7 heteroatoms. The molecule has 0 bridgehead atoms. The van der Waals surface area contributed by atoms with E-state index in [1.54, 1.807) is 18.4 Å². The normalized spacial score (nSPS) is 25.0. The van der Waals surface area contributed by atoms with E-state index in [2.05, 4.69) is 46.3 Å². The van der Waals surface area contributed by atoms with E-state index in [0.29, 0.717) is 41.4 Å². The zero-order valence-corrected chi connectivity index (χ0v) is 24.8. The molecule has 3 aromatic rings. The fraction of sp³-hybridized carbons (Fsp3) is 0.515. The van der Waals surface area contributed by atoms with E-state index in [1.165, 1.54) is 28.3 Å². The Bertz CT molecular complexity index is 1320. The standard InChI is InChI=1S/C33H39ClN2O3S/c1-39-30-16-13-25(18-29(30)34)22-7-5-21(6-8-22)20-36(33(38)24-11-14-28(37)15-12-24)27-4-2-3-26(17-27)31-19-35-32(40-31)23-9-10-23/h2-4,13,16-19,21-24,28,37H,5-12,14-15,20H2,1H3. The summed E-state index contributed by atoms with van der Waals surface area (Å²) in [7, 11) is 1.65. The van der Waals surface area contributed by atoms with Crippen LogP contribution in [0.5, 0.6) is 5.75 Å². The first-order valence-corrected chi connectivity index (χ1v) is 16.1. The Hall–Kier alpha value is -2.41. The molecule has 1 N–H and O–H groups in total. The highest BCUT2D eigenvalue weighted by Crippen LogP contribution is 2.44. The molecule has 3 saturated carbocycles. The van der Waals surface area contributed by atoms with Gasteiger partial charge in [-0.2, -0.15) is 0 Å². The van der Waals surface area contributed by atoms with Crippen LogP contribution in [0.15, 0.2) is 48.7 Å². The highest BCUT2D eigenvalue weighted by atomic mass is 35.5. The Labute approximate surface area is 246 Å². The quantitative estimate of drug-likeness (QED) is 0.292. The van der Waals surface area contributed by atoms with E-state index in [0.717, 1.165) is 56.3 Å². The fourth-order valence-electron chi connectivity index (χ4n) is 6.51. The highest BCUT2D eigenvalue weighted by Gasteiger charge is 2.33. The summed E-state index contributed by atoms with van der Waals surface area (Å²) in [6.45, 7) is 0.743. The fourth-order valence-corrected chi connectivity index (χ4v) is 7.86. The molecule has 5 nitrogen and oxygen atoms in total. The van der Waals surface area contributed by atoms with Gasteiger partial charge in [-0.05, 0) is 111 Å². The summed E-state index contributed by atoms with van der Waals surface area (Å²) in [5, 5.41) is 12.0. The van der Waals surface area contributed by atoms with Gasteiger partial charge in [-0.3, -0.25) is 4.79 Å². The molecule has 0 unspecified atom stereocenters. The number of rotatable bonds is 8. The Morgan fingerprint density at radius 3 is 2.45 bits per heavy atom. The predicted molar refractivity (Wildman–Crippen MR) is 163 cm³/mol. The number of aliphatic hydroxyl groups is 1. The molecule has 0 atom stereocenters. The van der Waals surface area contributed by atoms with E-state index >= 15 is 0 Å². The van der Waals surface area contributed by atoms with Crippen LogP contribution in [0.25, 0.3) is 10.4 Å². The van der Waals surface area contributed by atoms with Gasteiger partial charge >= 0.3 is 0 Å². The van der Waals surface area contributed by atoms with Crippen LogP contribution in [0, 0.1) is 11.8 Å². The minimum Gasteiger partial charge on any atom is -0.495 e. The third-order valence-electron chi connectivity index (χ3n) is 9.14. The summed E-state index contributed by atoms with van der Waals surface area (Å²) in [5.41, 5.74) is 3.40. The van der Waals surface area contributed by atoms with Crippen LogP contribution < -0.4 is 9.64 Å². The van der Waals surface area contributed by atoms with Crippen LogP contribution in [0.2, 0.25) is 5.02 Å². The van der Waals surface area contributed by atoms with Crippen molar-refractivity contribution in [2.45, 2.75) is 82.1 Å². The third kappa shape index (κ3) is 6.24. The second kappa shape index (κ2) is 12.2. The van der Waals surface area contributed by atoms with E-state index in [9.17, 15) is 9.90 Å². The summed E-state index contributed by atoms with van der Waals surface area (Å²) in [4.78, 5) is 22.0. The van der Waals surface area contributed by atoms with Crippen molar-refractivity contribution in [3.63, 3.8) is 0 Å². The molecule has 1 heterocycles. The zero-order valence-electron chi connectivity index (χ0n) is 23.2. The molecule has 40 heavy (non-hydrogen) atoms. The summed E-state index contributed by atoms with van der Waals surface area (Å²) >= 11 is 8.21. The molecule has 212 valence electrons. The van der Waals surface area contributed by atoms with E-state index in [-0.39, 0.29) is 17.9 Å². The van der Waals surface area contributed by atoms with E-state index in [1.807, 2.05) is 12.3 Å². The van der Waals surface area contributed by atoms with Gasteiger partial charge in [-0.1, -0.05) is 29.8 Å². The number of nitrogens with zero attached hydrogens (tertiary/aromatic N) is 2. The zero-order chi connectivity index (χ0) is 27.6. The minimum atomic E-state index is -0.269. The highest BCUT2D eigenvalue weighted by molar-refractivity contribution is 7.15. The van der Waals surface area contributed by atoms with Crippen LogP contribution in [0.1, 0.15) is 86.6 Å². The third-order valence-corrected chi connectivity index (χ3v) is 10.6. The van der Waals surface area contributed by atoms with Crippen LogP contribution in [-0.2, 0) is 4.79 Å². The van der Waals surface area contributed by atoms with Gasteiger partial charge in [-0.25, -0.2) is 4.98 Å². The minimum absolute atomic E-state index is 0.0188. The number of carbonyl (C=O) groups is 1. The molecule has 0 spiro atoms. The first-order valence-electron chi connectivity index (χ1n) is 14.9. The number of thiazole rings is 1. The molecule has 0 saturated heterocycles. The van der Waals surface area contributed by atoms with Crippen molar-refractivity contribution < 1.29 is 14.6 Å². The van der Waals surface area contributed by atoms with Gasteiger partial charge in [0.2, 0.25) is 5.91 Å². The molecule has 6 rings (SSSR count). The SMILES string of the molecule is COc1ccc(C2CCC(CN(C(=O)C3CCC(O)CC3)c3cccc(-c4cnc(C5CC5)s4)c3)CC2)cc1Cl. The van der Waals surface area contributed by atoms with Gasteiger partial charge in [-0.15, -0.1) is 11.3 Å². The topological polar surface area (TPSA) is 62.7 Å². The number of aliphatic hydroxyl groups excluding tert-OH is 1. The molecule has 0 radical (unpaired) electrons. The van der Waals surface area contributed by atoms with Crippen LogP contribution in [0.4, 0.5) is 5.69 Å². The Kier molecular flexibility index (Phi) is 8.47. The summed E-state index contributed by atoms with van der Waals surface area (Å²) < 4.78 is 5.33. The molecular weight excluding hydrogens is 540 g/mol. The van der Waals surface area contributed by atoms with Gasteiger partial charge < -0.3 is 14.7 Å². The summed E-state index contributed by atoms with van der Waals surface area (Å²) in [6, 6.07) is 14.7. The summed E-state index contributed by atoms with van der Waals surface area (Å²) in [6.07, 6.45) is 11.5. The van der Waals surface area contributed by atoms with Crippen LogP contribution in [0.3, 0.4) is 0 Å². The lowest BCUT2D eigenvalue weighted by Crippen LogP contribution is -2.41. The number of anilines is 1. The lowest BCUT2D eigenvalue weighted by Gasteiger charge is -2.36. The van der Waals surface area contributed by atoms with Crippen molar-refractivity contribution in [3.8, 4) is 16.2 Å². The Morgan fingerprint density at radius 1 is 1.00 bits per heavy atom. The largest absolute Gasteiger partial charge is 0.495 e. The number of halogens is 1. The molecular formula is C33H39ClN2O3S. The Morgan fingerprint density at radius 2 is 1.75 bits per heavy atom. The predicted octanol–water partition coefficient (Wildman–Crippen LogP) is 8.21. The van der Waals surface area contributed by atoms with Crippen molar-refractivity contribution in [2.75, 3.05) is 18.6 Å². The van der Waals surface area contributed by atoms with Gasteiger partial charge in [0.25, 0.3) is 0 Å². The number of carbonyl (C=O) groups excluding carboxylic acids is 1. The average Bonchev–Trinajstić information content (AvgIpc) is 3.72. The lowest BCUT2D eigenvalue weighted by atomic mass is 9.78. The number of hydrogen-bond donors (Lipinski definition) is 1. The van der Waals surface area contributed by atoms with Crippen molar-refractivity contribution in [2.24, 2.45) is 11.8 Å². The number of aromatic nitrogens is 1. The van der Waals surface area contributed by atoms with Gasteiger partial charge in [0.15, 0.2) is 0 Å². The molecule has 1 amide bonds. The summed E-state index contributed by atoms with van der Waals surface area (Å²) in [5.74, 6) is 2.50. The van der Waals surface area contributed by atoms with E-state index in [4.69, 9.17) is 16.3 Å². The van der Waals surface area contributed by atoms with Crippen LogP contribution >= 0.6 is 22.9 Å². The maximum atomic E-state index is 14.0. The number of benzene rings is 2.